The highest BCUT2D eigenvalue weighted by Crippen LogP contribution is 2.30. The molecule has 0 aromatic heterocycles. The van der Waals surface area contributed by atoms with Gasteiger partial charge < -0.3 is 9.84 Å². The van der Waals surface area contributed by atoms with E-state index in [4.69, 9.17) is 10.00 Å². The summed E-state index contributed by atoms with van der Waals surface area (Å²) in [4.78, 5) is 0. The number of nitriles is 1. The number of ether oxygens (including phenoxy) is 1. The summed E-state index contributed by atoms with van der Waals surface area (Å²) in [5, 5.41) is 18.4. The number of nitrogens with zero attached hydrogens (tertiary/aromatic N) is 1. The van der Waals surface area contributed by atoms with Crippen LogP contribution in [0, 0.1) is 11.3 Å². The summed E-state index contributed by atoms with van der Waals surface area (Å²) in [6.07, 6.45) is 0.267. The topological polar surface area (TPSA) is 53.2 Å². The fourth-order valence-corrected chi connectivity index (χ4v) is 1.78. The molecule has 1 aromatic rings. The molecule has 0 bridgehead atoms. The first-order chi connectivity index (χ1) is 8.10. The van der Waals surface area contributed by atoms with Crippen molar-refractivity contribution in [1.82, 2.24) is 0 Å². The second-order valence-corrected chi connectivity index (χ2v) is 4.37. The molecular formula is C14H19NO2. The monoisotopic (exact) mass is 233 g/mol. The van der Waals surface area contributed by atoms with Crippen LogP contribution in [0.2, 0.25) is 0 Å². The molecule has 1 N–H and O–H groups in total. The van der Waals surface area contributed by atoms with Crippen molar-refractivity contribution in [2.45, 2.75) is 38.7 Å². The molecule has 3 heteroatoms. The molecule has 92 valence electrons. The fourth-order valence-electron chi connectivity index (χ4n) is 1.78. The first-order valence-electron chi connectivity index (χ1n) is 5.83. The minimum Gasteiger partial charge on any atom is -0.496 e. The van der Waals surface area contributed by atoms with Crippen molar-refractivity contribution in [3.05, 3.63) is 29.3 Å². The van der Waals surface area contributed by atoms with E-state index in [0.29, 0.717) is 18.8 Å². The predicted octanol–water partition coefficient (Wildman–Crippen LogP) is 3.16. The molecule has 0 aliphatic carbocycles. The third-order valence-electron chi connectivity index (χ3n) is 2.79. The highest BCUT2D eigenvalue weighted by molar-refractivity contribution is 5.40. The Hall–Kier alpha value is -1.53. The molecule has 0 saturated heterocycles. The van der Waals surface area contributed by atoms with Crippen LogP contribution in [0.1, 0.15) is 49.8 Å². The van der Waals surface area contributed by atoms with Gasteiger partial charge in [-0.15, -0.1) is 0 Å². The van der Waals surface area contributed by atoms with E-state index in [0.717, 1.165) is 16.9 Å². The minimum absolute atomic E-state index is 0.341. The normalized spacial score (nSPS) is 12.2. The van der Waals surface area contributed by atoms with Gasteiger partial charge in [0, 0.05) is 6.42 Å². The van der Waals surface area contributed by atoms with Crippen LogP contribution in [-0.2, 0) is 0 Å². The summed E-state index contributed by atoms with van der Waals surface area (Å²) >= 11 is 0. The molecule has 1 unspecified atom stereocenters. The van der Waals surface area contributed by atoms with E-state index in [1.54, 1.807) is 7.11 Å². The van der Waals surface area contributed by atoms with Crippen LogP contribution in [0.15, 0.2) is 18.2 Å². The molecule has 1 rings (SSSR count). The molecular weight excluding hydrogens is 214 g/mol. The Morgan fingerprint density at radius 3 is 2.65 bits per heavy atom. The lowest BCUT2D eigenvalue weighted by Crippen LogP contribution is -2.01. The molecule has 17 heavy (non-hydrogen) atoms. The third kappa shape index (κ3) is 3.47. The summed E-state index contributed by atoms with van der Waals surface area (Å²) in [5.74, 6) is 1.18. The molecule has 0 radical (unpaired) electrons. The lowest BCUT2D eigenvalue weighted by atomic mass is 9.96. The second-order valence-electron chi connectivity index (χ2n) is 4.37. The summed E-state index contributed by atoms with van der Waals surface area (Å²) in [6, 6.07) is 7.74. The number of rotatable bonds is 5. The Balaban J connectivity index is 2.96. The van der Waals surface area contributed by atoms with E-state index in [1.165, 1.54) is 0 Å². The van der Waals surface area contributed by atoms with E-state index in [2.05, 4.69) is 13.8 Å². The Kier molecular flexibility index (Phi) is 4.99. The summed E-state index contributed by atoms with van der Waals surface area (Å²) < 4.78 is 5.29. The van der Waals surface area contributed by atoms with E-state index < -0.39 is 6.10 Å². The fraction of sp³-hybridized carbons (Fsp3) is 0.500. The highest BCUT2D eigenvalue weighted by atomic mass is 16.5. The van der Waals surface area contributed by atoms with Crippen molar-refractivity contribution in [2.75, 3.05) is 7.11 Å². The SMILES string of the molecule is COc1ccc(C(O)CCC#N)cc1C(C)C. The number of aliphatic hydroxyl groups is 1. The first-order valence-corrected chi connectivity index (χ1v) is 5.83. The van der Waals surface area contributed by atoms with E-state index in [1.807, 2.05) is 24.3 Å². The Labute approximate surface area is 103 Å². The lowest BCUT2D eigenvalue weighted by Gasteiger charge is -2.16. The number of aliphatic hydroxyl groups excluding tert-OH is 1. The zero-order valence-electron chi connectivity index (χ0n) is 10.6. The smallest absolute Gasteiger partial charge is 0.122 e. The quantitative estimate of drug-likeness (QED) is 0.850. The van der Waals surface area contributed by atoms with Crippen LogP contribution in [0.4, 0.5) is 0 Å². The van der Waals surface area contributed by atoms with Gasteiger partial charge in [-0.2, -0.15) is 5.26 Å². The van der Waals surface area contributed by atoms with Gasteiger partial charge in [-0.1, -0.05) is 19.9 Å². The van der Waals surface area contributed by atoms with Gasteiger partial charge in [-0.25, -0.2) is 0 Å². The summed E-state index contributed by atoms with van der Waals surface area (Å²) in [5.41, 5.74) is 1.94. The van der Waals surface area contributed by atoms with E-state index in [9.17, 15) is 5.11 Å². The van der Waals surface area contributed by atoms with Gasteiger partial charge in [-0.05, 0) is 35.6 Å². The molecule has 3 nitrogen and oxygen atoms in total. The van der Waals surface area contributed by atoms with Crippen molar-refractivity contribution in [3.63, 3.8) is 0 Å². The maximum atomic E-state index is 9.93. The van der Waals surface area contributed by atoms with Crippen molar-refractivity contribution >= 4 is 0 Å². The predicted molar refractivity (Wildman–Crippen MR) is 66.9 cm³/mol. The summed E-state index contributed by atoms with van der Waals surface area (Å²) in [6.45, 7) is 4.17. The van der Waals surface area contributed by atoms with Crippen molar-refractivity contribution in [3.8, 4) is 11.8 Å². The number of methoxy groups -OCH3 is 1. The lowest BCUT2D eigenvalue weighted by molar-refractivity contribution is 0.169. The molecule has 0 fully saturated rings. The van der Waals surface area contributed by atoms with Crippen molar-refractivity contribution in [2.24, 2.45) is 0 Å². The van der Waals surface area contributed by atoms with Crippen LogP contribution >= 0.6 is 0 Å². The van der Waals surface area contributed by atoms with Gasteiger partial charge in [0.1, 0.15) is 5.75 Å². The largest absolute Gasteiger partial charge is 0.496 e. The third-order valence-corrected chi connectivity index (χ3v) is 2.79. The number of hydrogen-bond donors (Lipinski definition) is 1. The Morgan fingerprint density at radius 1 is 1.41 bits per heavy atom. The molecule has 0 amide bonds. The van der Waals surface area contributed by atoms with Gasteiger partial charge >= 0.3 is 0 Å². The maximum Gasteiger partial charge on any atom is 0.122 e. The van der Waals surface area contributed by atoms with Crippen LogP contribution in [0.5, 0.6) is 5.75 Å². The first kappa shape index (κ1) is 13.5. The Morgan fingerprint density at radius 2 is 2.12 bits per heavy atom. The van der Waals surface area contributed by atoms with Crippen LogP contribution < -0.4 is 4.74 Å². The van der Waals surface area contributed by atoms with Crippen molar-refractivity contribution in [1.29, 1.82) is 5.26 Å². The minimum atomic E-state index is -0.571. The standard InChI is InChI=1S/C14H19NO2/c1-10(2)12-9-11(6-7-14(12)17-3)13(16)5-4-8-15/h6-7,9-10,13,16H,4-5H2,1-3H3. The van der Waals surface area contributed by atoms with Crippen LogP contribution in [0.3, 0.4) is 0 Å². The summed E-state index contributed by atoms with van der Waals surface area (Å²) in [7, 11) is 1.65. The maximum absolute atomic E-state index is 9.93. The average molecular weight is 233 g/mol. The molecule has 1 atom stereocenters. The molecule has 0 heterocycles. The molecule has 1 aromatic carbocycles. The zero-order valence-corrected chi connectivity index (χ0v) is 10.6. The highest BCUT2D eigenvalue weighted by Gasteiger charge is 2.12. The van der Waals surface area contributed by atoms with Gasteiger partial charge in [0.15, 0.2) is 0 Å². The molecule has 0 saturated carbocycles. The number of hydrogen-bond acceptors (Lipinski definition) is 3. The van der Waals surface area contributed by atoms with Crippen LogP contribution in [0.25, 0.3) is 0 Å². The molecule has 0 aliphatic rings. The zero-order chi connectivity index (χ0) is 12.8. The van der Waals surface area contributed by atoms with Gasteiger partial charge in [0.25, 0.3) is 0 Å². The molecule has 0 aliphatic heterocycles. The Bertz CT molecular complexity index is 407. The molecule has 0 spiro atoms. The second kappa shape index (κ2) is 6.27. The van der Waals surface area contributed by atoms with E-state index in [-0.39, 0.29) is 0 Å². The van der Waals surface area contributed by atoms with Crippen molar-refractivity contribution < 1.29 is 9.84 Å². The van der Waals surface area contributed by atoms with Gasteiger partial charge in [-0.3, -0.25) is 0 Å². The number of benzene rings is 1. The van der Waals surface area contributed by atoms with Gasteiger partial charge in [0.2, 0.25) is 0 Å². The van der Waals surface area contributed by atoms with Crippen LogP contribution in [-0.4, -0.2) is 12.2 Å². The van der Waals surface area contributed by atoms with Gasteiger partial charge in [0.05, 0.1) is 19.3 Å². The van der Waals surface area contributed by atoms with E-state index >= 15 is 0 Å². The average Bonchev–Trinajstić information content (AvgIpc) is 2.34.